The van der Waals surface area contributed by atoms with Crippen molar-refractivity contribution in [2.45, 2.75) is 78.2 Å². The van der Waals surface area contributed by atoms with E-state index in [4.69, 9.17) is 4.74 Å². The van der Waals surface area contributed by atoms with E-state index in [0.717, 1.165) is 12.2 Å². The van der Waals surface area contributed by atoms with Gasteiger partial charge in [0.05, 0.1) is 7.11 Å². The maximum absolute atomic E-state index is 6.27. The number of hydrogen-bond donors (Lipinski definition) is 0. The number of methoxy groups -OCH3 is 1. The Morgan fingerprint density at radius 1 is 0.698 bits per heavy atom. The molecule has 6 rings (SSSR count). The van der Waals surface area contributed by atoms with Gasteiger partial charge in [-0.1, -0.05) is 144 Å². The molecular weight excluding hydrogens is 537 g/mol. The van der Waals surface area contributed by atoms with Gasteiger partial charge in [-0.3, -0.25) is 0 Å². The van der Waals surface area contributed by atoms with Crippen LogP contribution >= 0.6 is 0 Å². The Hall–Kier alpha value is -3.62. The minimum absolute atomic E-state index is 0.0807. The summed E-state index contributed by atoms with van der Waals surface area (Å²) < 4.78 is 6.27. The number of hydrogen-bond acceptors (Lipinski definition) is 1. The molecule has 0 heterocycles. The Bertz CT molecular complexity index is 1680. The predicted octanol–water partition coefficient (Wildman–Crippen LogP) is 8.44. The Morgan fingerprint density at radius 3 is 1.74 bits per heavy atom. The van der Waals surface area contributed by atoms with Crippen LogP contribution in [0.25, 0.3) is 11.1 Å². The lowest BCUT2D eigenvalue weighted by atomic mass is 9.84. The van der Waals surface area contributed by atoms with Crippen LogP contribution in [0.3, 0.4) is 0 Å². The predicted molar refractivity (Wildman–Crippen MR) is 188 cm³/mol. The Balaban J connectivity index is 1.80. The van der Waals surface area contributed by atoms with Crippen LogP contribution in [0, 0.1) is 13.8 Å². The van der Waals surface area contributed by atoms with E-state index in [1.54, 1.807) is 5.19 Å². The highest BCUT2D eigenvalue weighted by Crippen LogP contribution is 2.47. The van der Waals surface area contributed by atoms with E-state index in [1.165, 1.54) is 54.9 Å². The minimum atomic E-state index is -2.70. The summed E-state index contributed by atoms with van der Waals surface area (Å²) in [6.45, 7) is 18.5. The van der Waals surface area contributed by atoms with Gasteiger partial charge in [0, 0.05) is 11.1 Å². The molecule has 0 saturated heterocycles. The van der Waals surface area contributed by atoms with Crippen molar-refractivity contribution in [1.29, 1.82) is 0 Å². The van der Waals surface area contributed by atoms with E-state index in [2.05, 4.69) is 152 Å². The highest BCUT2D eigenvalue weighted by molar-refractivity contribution is 7.13. The normalized spacial score (nSPS) is 14.7. The van der Waals surface area contributed by atoms with Crippen molar-refractivity contribution in [3.63, 3.8) is 0 Å². The first-order valence-electron chi connectivity index (χ1n) is 15.7. The molecule has 4 aromatic rings. The minimum Gasteiger partial charge on any atom is -0.496 e. The van der Waals surface area contributed by atoms with E-state index >= 15 is 0 Å². The zero-order valence-electron chi connectivity index (χ0n) is 27.4. The molecule has 43 heavy (non-hydrogen) atoms. The van der Waals surface area contributed by atoms with Gasteiger partial charge in [0.15, 0.2) is 8.07 Å². The standard InChI is InChI=1S/C41H46OSi/c1-27-14-19-32(20-15-27)43(31-12-10-11-13-31,33-21-16-28(2)17-22-33)39-35-25-29-24-30(40(3,4)5)18-23-34(29)38(35)37(42-9)26-36(39)41(6,7)8/h10-24,26,31H,25H2,1-9H3. The molecule has 0 amide bonds. The van der Waals surface area contributed by atoms with E-state index in [0.29, 0.717) is 5.54 Å². The van der Waals surface area contributed by atoms with Gasteiger partial charge in [-0.2, -0.15) is 0 Å². The fourth-order valence-electron chi connectivity index (χ4n) is 7.39. The molecule has 0 bridgehead atoms. The lowest BCUT2D eigenvalue weighted by Crippen LogP contribution is -2.71. The van der Waals surface area contributed by atoms with Crippen molar-refractivity contribution in [3.8, 4) is 16.9 Å². The lowest BCUT2D eigenvalue weighted by Gasteiger charge is -2.42. The number of aryl methyl sites for hydroxylation is 2. The van der Waals surface area contributed by atoms with Crippen molar-refractivity contribution in [2.24, 2.45) is 0 Å². The van der Waals surface area contributed by atoms with Crippen LogP contribution in [0.4, 0.5) is 0 Å². The van der Waals surface area contributed by atoms with Gasteiger partial charge in [0.1, 0.15) is 5.75 Å². The van der Waals surface area contributed by atoms with Crippen molar-refractivity contribution < 1.29 is 4.74 Å². The molecule has 0 N–H and O–H groups in total. The van der Waals surface area contributed by atoms with Crippen LogP contribution in [0.5, 0.6) is 5.75 Å². The van der Waals surface area contributed by atoms with Crippen LogP contribution < -0.4 is 20.3 Å². The molecule has 1 nitrogen and oxygen atoms in total. The molecule has 4 aromatic carbocycles. The Morgan fingerprint density at radius 2 is 1.26 bits per heavy atom. The summed E-state index contributed by atoms with van der Waals surface area (Å²) in [4.78, 5) is 0. The monoisotopic (exact) mass is 582 g/mol. The molecule has 0 atom stereocenters. The highest BCUT2D eigenvalue weighted by atomic mass is 28.3. The van der Waals surface area contributed by atoms with Gasteiger partial charge >= 0.3 is 0 Å². The molecule has 2 aliphatic carbocycles. The molecule has 0 radical (unpaired) electrons. The Kier molecular flexibility index (Phi) is 7.21. The van der Waals surface area contributed by atoms with Crippen molar-refractivity contribution in [1.82, 2.24) is 0 Å². The average molecular weight is 583 g/mol. The van der Waals surface area contributed by atoms with E-state index in [1.807, 2.05) is 7.11 Å². The second-order valence-corrected chi connectivity index (χ2v) is 18.7. The van der Waals surface area contributed by atoms with E-state index < -0.39 is 8.07 Å². The van der Waals surface area contributed by atoms with Gasteiger partial charge in [-0.25, -0.2) is 0 Å². The summed E-state index contributed by atoms with van der Waals surface area (Å²) in [6, 6.07) is 28.6. The van der Waals surface area contributed by atoms with Gasteiger partial charge in [0.2, 0.25) is 0 Å². The molecule has 2 aliphatic rings. The van der Waals surface area contributed by atoms with Gasteiger partial charge in [-0.05, 0) is 80.5 Å². The molecule has 220 valence electrons. The topological polar surface area (TPSA) is 9.23 Å². The SMILES string of the molecule is COc1cc(C(C)(C)C)c([Si](c2ccc(C)cc2)(c2ccc(C)cc2)C2C=CC=C2)c2c1-c1ccc(C(C)(C)C)cc1C2. The van der Waals surface area contributed by atoms with E-state index in [-0.39, 0.29) is 10.8 Å². The zero-order valence-corrected chi connectivity index (χ0v) is 28.4. The average Bonchev–Trinajstić information content (AvgIpc) is 3.62. The molecule has 0 fully saturated rings. The van der Waals surface area contributed by atoms with Gasteiger partial charge in [0.25, 0.3) is 0 Å². The van der Waals surface area contributed by atoms with Crippen LogP contribution in [-0.2, 0) is 17.3 Å². The third-order valence-corrected chi connectivity index (χ3v) is 14.9. The number of benzene rings is 4. The summed E-state index contributed by atoms with van der Waals surface area (Å²) in [6.07, 6.45) is 10.4. The Labute approximate surface area is 260 Å². The maximum atomic E-state index is 6.27. The first-order chi connectivity index (χ1) is 20.4. The third-order valence-electron chi connectivity index (χ3n) is 9.69. The lowest BCUT2D eigenvalue weighted by molar-refractivity contribution is 0.414. The molecule has 0 spiro atoms. The number of allylic oxidation sites excluding steroid dienone is 4. The third kappa shape index (κ3) is 4.85. The molecule has 0 unspecified atom stereocenters. The van der Waals surface area contributed by atoms with Crippen molar-refractivity contribution in [2.75, 3.05) is 7.11 Å². The maximum Gasteiger partial charge on any atom is 0.159 e. The fourth-order valence-corrected chi connectivity index (χ4v) is 13.1. The quantitative estimate of drug-likeness (QED) is 0.149. The molecule has 0 saturated carbocycles. The zero-order chi connectivity index (χ0) is 30.7. The number of ether oxygens (including phenoxy) is 1. The summed E-state index contributed by atoms with van der Waals surface area (Å²) in [7, 11) is -0.859. The largest absolute Gasteiger partial charge is 0.496 e. The van der Waals surface area contributed by atoms with Crippen LogP contribution in [0.2, 0.25) is 5.54 Å². The van der Waals surface area contributed by atoms with Gasteiger partial charge in [-0.15, -0.1) is 0 Å². The van der Waals surface area contributed by atoms with Crippen LogP contribution in [0.1, 0.15) is 74.9 Å². The van der Waals surface area contributed by atoms with Gasteiger partial charge < -0.3 is 4.74 Å². The smallest absolute Gasteiger partial charge is 0.159 e. The summed E-state index contributed by atoms with van der Waals surface area (Å²) >= 11 is 0. The second kappa shape index (κ2) is 10.5. The fraction of sp³-hybridized carbons (Fsp3) is 0.317. The molecular formula is C41H46OSi. The van der Waals surface area contributed by atoms with Crippen LogP contribution in [-0.4, -0.2) is 15.2 Å². The summed E-state index contributed by atoms with van der Waals surface area (Å²) in [5.74, 6) is 0.999. The second-order valence-electron chi connectivity index (χ2n) is 14.7. The van der Waals surface area contributed by atoms with E-state index in [9.17, 15) is 0 Å². The summed E-state index contributed by atoms with van der Waals surface area (Å²) in [5.41, 5.74) is 11.2. The first-order valence-corrected chi connectivity index (χ1v) is 17.8. The summed E-state index contributed by atoms with van der Waals surface area (Å²) in [5, 5.41) is 4.50. The number of fused-ring (bicyclic) bond motifs is 3. The first kappa shape index (κ1) is 29.4. The van der Waals surface area contributed by atoms with Crippen LogP contribution in [0.15, 0.2) is 97.1 Å². The van der Waals surface area contributed by atoms with Crippen molar-refractivity contribution >= 4 is 23.6 Å². The molecule has 0 aliphatic heterocycles. The highest BCUT2D eigenvalue weighted by Gasteiger charge is 2.50. The molecule has 0 aromatic heterocycles. The number of rotatable bonds is 5. The molecule has 2 heteroatoms. The van der Waals surface area contributed by atoms with Crippen molar-refractivity contribution in [3.05, 3.63) is 130 Å².